The summed E-state index contributed by atoms with van der Waals surface area (Å²) in [6, 6.07) is 13.3. The molecular weight excluding hydrogens is 418 g/mol. The molecule has 3 rings (SSSR count). The molecule has 1 aliphatic heterocycles. The minimum Gasteiger partial charge on any atom is -0.444 e. The van der Waals surface area contributed by atoms with E-state index >= 15 is 0 Å². The zero-order valence-electron chi connectivity index (χ0n) is 17.1. The van der Waals surface area contributed by atoms with Gasteiger partial charge in [-0.2, -0.15) is 0 Å². The highest BCUT2D eigenvalue weighted by Crippen LogP contribution is 2.26. The van der Waals surface area contributed by atoms with Crippen LogP contribution in [0.1, 0.15) is 36.7 Å². The number of benzene rings is 2. The second-order valence-electron chi connectivity index (χ2n) is 7.60. The van der Waals surface area contributed by atoms with Crippen LogP contribution in [0.4, 0.5) is 21.0 Å². The van der Waals surface area contributed by atoms with Gasteiger partial charge >= 0.3 is 6.09 Å². The van der Waals surface area contributed by atoms with Gasteiger partial charge in [0.25, 0.3) is 17.1 Å². The Bertz CT molecular complexity index is 1070. The Kier molecular flexibility index (Phi) is 6.45. The molecule has 0 aliphatic carbocycles. The number of para-hydroxylation sites is 2. The summed E-state index contributed by atoms with van der Waals surface area (Å²) in [5.74, 6) is -0.813. The Morgan fingerprint density at radius 3 is 2.13 bits per heavy atom. The second-order valence-corrected chi connectivity index (χ2v) is 8.62. The Morgan fingerprint density at radius 2 is 1.58 bits per heavy atom. The molecule has 0 saturated carbocycles. The van der Waals surface area contributed by atoms with Gasteiger partial charge < -0.3 is 10.1 Å². The van der Waals surface area contributed by atoms with Crippen molar-refractivity contribution in [3.8, 4) is 0 Å². The number of ether oxygens (including phenoxy) is 1. The van der Waals surface area contributed by atoms with Crippen molar-refractivity contribution >= 4 is 52.4 Å². The molecule has 160 valence electrons. The number of nitrogens with one attached hydrogen (secondary N) is 3. The lowest BCUT2D eigenvalue weighted by molar-refractivity contribution is -0.115. The van der Waals surface area contributed by atoms with Crippen LogP contribution in [-0.4, -0.2) is 28.7 Å². The van der Waals surface area contributed by atoms with Crippen LogP contribution in [-0.2, 0) is 9.53 Å². The molecule has 0 unspecified atom stereocenters. The molecule has 4 amide bonds. The molecule has 1 saturated heterocycles. The van der Waals surface area contributed by atoms with Crippen LogP contribution in [0.5, 0.6) is 0 Å². The van der Waals surface area contributed by atoms with Gasteiger partial charge in [0.05, 0.1) is 16.3 Å². The smallest absolute Gasteiger partial charge is 0.412 e. The Morgan fingerprint density at radius 1 is 0.968 bits per heavy atom. The van der Waals surface area contributed by atoms with E-state index < -0.39 is 22.8 Å². The maximum atomic E-state index is 12.6. The Hall–Kier alpha value is -3.59. The quantitative estimate of drug-likeness (QED) is 0.600. The van der Waals surface area contributed by atoms with Crippen molar-refractivity contribution in [1.29, 1.82) is 0 Å². The van der Waals surface area contributed by atoms with E-state index in [-0.39, 0.29) is 5.91 Å². The molecule has 8 nitrogen and oxygen atoms in total. The molecule has 0 bridgehead atoms. The largest absolute Gasteiger partial charge is 0.444 e. The summed E-state index contributed by atoms with van der Waals surface area (Å²) in [6.45, 7) is 5.28. The second kappa shape index (κ2) is 9.05. The fourth-order valence-electron chi connectivity index (χ4n) is 2.61. The summed E-state index contributed by atoms with van der Waals surface area (Å²) in [4.78, 5) is 47.9. The molecule has 2 aromatic carbocycles. The Balaban J connectivity index is 1.69. The summed E-state index contributed by atoms with van der Waals surface area (Å²) >= 11 is 0.828. The van der Waals surface area contributed by atoms with Gasteiger partial charge in [-0.15, -0.1) is 0 Å². The summed E-state index contributed by atoms with van der Waals surface area (Å²) in [6.07, 6.45) is 0.950. The SMILES string of the molecule is CC(C)(C)OC(=O)Nc1ccccc1NC(=O)c1ccc(/C=C2/SC(=O)NC2=O)cc1. The van der Waals surface area contributed by atoms with Gasteiger partial charge in [-0.05, 0) is 68.4 Å². The van der Waals surface area contributed by atoms with Crippen molar-refractivity contribution in [3.63, 3.8) is 0 Å². The molecule has 3 N–H and O–H groups in total. The van der Waals surface area contributed by atoms with E-state index in [4.69, 9.17) is 4.74 Å². The zero-order chi connectivity index (χ0) is 22.6. The first-order chi connectivity index (χ1) is 14.6. The number of hydrogen-bond donors (Lipinski definition) is 3. The predicted molar refractivity (Wildman–Crippen MR) is 120 cm³/mol. The third-order valence-electron chi connectivity index (χ3n) is 3.92. The minimum atomic E-state index is -0.649. The number of carbonyl (C=O) groups is 4. The van der Waals surface area contributed by atoms with Crippen molar-refractivity contribution in [2.75, 3.05) is 10.6 Å². The number of rotatable bonds is 4. The number of thioether (sulfide) groups is 1. The average molecular weight is 439 g/mol. The standard InChI is InChI=1S/C22H21N3O5S/c1-22(2,3)30-20(28)24-16-7-5-4-6-15(16)23-18(26)14-10-8-13(9-11-14)12-17-19(27)25-21(29)31-17/h4-12H,1-3H3,(H,23,26)(H,24,28)(H,25,27,29)/b17-12+. The number of carbonyl (C=O) groups excluding carboxylic acids is 4. The fourth-order valence-corrected chi connectivity index (χ4v) is 3.29. The van der Waals surface area contributed by atoms with E-state index in [2.05, 4.69) is 16.0 Å². The molecule has 9 heteroatoms. The van der Waals surface area contributed by atoms with Gasteiger partial charge in [-0.25, -0.2) is 4.79 Å². The maximum Gasteiger partial charge on any atom is 0.412 e. The van der Waals surface area contributed by atoms with Crippen LogP contribution in [0, 0.1) is 0 Å². The Labute approximate surface area is 183 Å². The van der Waals surface area contributed by atoms with E-state index in [1.807, 2.05) is 0 Å². The van der Waals surface area contributed by atoms with Crippen LogP contribution in [0.25, 0.3) is 6.08 Å². The first kappa shape index (κ1) is 22.1. The minimum absolute atomic E-state index is 0.296. The molecule has 0 spiro atoms. The van der Waals surface area contributed by atoms with E-state index in [1.54, 1.807) is 75.4 Å². The molecule has 1 fully saturated rings. The lowest BCUT2D eigenvalue weighted by Crippen LogP contribution is -2.27. The van der Waals surface area contributed by atoms with Crippen LogP contribution >= 0.6 is 11.8 Å². The highest BCUT2D eigenvalue weighted by molar-refractivity contribution is 8.18. The lowest BCUT2D eigenvalue weighted by Gasteiger charge is -2.20. The highest BCUT2D eigenvalue weighted by Gasteiger charge is 2.25. The topological polar surface area (TPSA) is 114 Å². The molecule has 1 aliphatic rings. The lowest BCUT2D eigenvalue weighted by atomic mass is 10.1. The van der Waals surface area contributed by atoms with Gasteiger partial charge in [0.15, 0.2) is 0 Å². The molecule has 0 atom stereocenters. The van der Waals surface area contributed by atoms with Crippen LogP contribution in [0.2, 0.25) is 0 Å². The van der Waals surface area contributed by atoms with Crippen molar-refractivity contribution in [1.82, 2.24) is 5.32 Å². The van der Waals surface area contributed by atoms with Crippen LogP contribution < -0.4 is 16.0 Å². The van der Waals surface area contributed by atoms with E-state index in [0.29, 0.717) is 27.4 Å². The molecule has 0 radical (unpaired) electrons. The zero-order valence-corrected chi connectivity index (χ0v) is 18.0. The summed E-state index contributed by atoms with van der Waals surface area (Å²) < 4.78 is 5.25. The summed E-state index contributed by atoms with van der Waals surface area (Å²) in [5, 5.41) is 7.17. The predicted octanol–water partition coefficient (Wildman–Crippen LogP) is 4.61. The summed E-state index contributed by atoms with van der Waals surface area (Å²) in [7, 11) is 0. The molecule has 1 heterocycles. The van der Waals surface area contributed by atoms with Gasteiger partial charge in [0.2, 0.25) is 0 Å². The summed E-state index contributed by atoms with van der Waals surface area (Å²) in [5.41, 5.74) is 1.23. The number of hydrogen-bond acceptors (Lipinski definition) is 6. The third-order valence-corrected chi connectivity index (χ3v) is 4.73. The van der Waals surface area contributed by atoms with Gasteiger partial charge in [-0.1, -0.05) is 24.3 Å². The number of anilines is 2. The molecule has 2 aromatic rings. The maximum absolute atomic E-state index is 12.6. The number of amides is 4. The monoisotopic (exact) mass is 439 g/mol. The van der Waals surface area contributed by atoms with E-state index in [0.717, 1.165) is 11.8 Å². The normalized spacial score (nSPS) is 14.9. The highest BCUT2D eigenvalue weighted by atomic mass is 32.2. The average Bonchev–Trinajstić information content (AvgIpc) is 2.99. The van der Waals surface area contributed by atoms with Crippen LogP contribution in [0.15, 0.2) is 53.4 Å². The van der Waals surface area contributed by atoms with Crippen molar-refractivity contribution < 1.29 is 23.9 Å². The first-order valence-corrected chi connectivity index (χ1v) is 10.2. The fraction of sp³-hybridized carbons (Fsp3) is 0.182. The first-order valence-electron chi connectivity index (χ1n) is 9.36. The van der Waals surface area contributed by atoms with Crippen molar-refractivity contribution in [2.24, 2.45) is 0 Å². The van der Waals surface area contributed by atoms with Gasteiger partial charge in [-0.3, -0.25) is 25.0 Å². The van der Waals surface area contributed by atoms with Crippen molar-refractivity contribution in [3.05, 3.63) is 64.6 Å². The van der Waals surface area contributed by atoms with E-state index in [1.165, 1.54) is 0 Å². The third kappa shape index (κ3) is 6.19. The van der Waals surface area contributed by atoms with Gasteiger partial charge in [0.1, 0.15) is 5.60 Å². The van der Waals surface area contributed by atoms with E-state index in [9.17, 15) is 19.2 Å². The molecular formula is C22H21N3O5S. The molecule has 31 heavy (non-hydrogen) atoms. The molecule has 0 aromatic heterocycles. The number of imide groups is 1. The van der Waals surface area contributed by atoms with Crippen LogP contribution in [0.3, 0.4) is 0 Å². The van der Waals surface area contributed by atoms with Crippen molar-refractivity contribution in [2.45, 2.75) is 26.4 Å². The van der Waals surface area contributed by atoms with Gasteiger partial charge in [0, 0.05) is 5.56 Å².